The molecule has 21 heavy (non-hydrogen) atoms. The number of hydrogen-bond donors (Lipinski definition) is 2. The van der Waals surface area contributed by atoms with E-state index in [1.54, 1.807) is 24.3 Å². The van der Waals surface area contributed by atoms with E-state index in [1.165, 1.54) is 5.56 Å². The van der Waals surface area contributed by atoms with Crippen LogP contribution in [0, 0.1) is 0 Å². The fourth-order valence-electron chi connectivity index (χ4n) is 2.67. The molecule has 1 amide bonds. The Bertz CT molecular complexity index is 709. The monoisotopic (exact) mass is 281 g/mol. The van der Waals surface area contributed by atoms with Crippen molar-refractivity contribution >= 4 is 17.6 Å². The number of amides is 1. The second kappa shape index (κ2) is 5.40. The maximum absolute atomic E-state index is 12.3. The van der Waals surface area contributed by atoms with Crippen molar-refractivity contribution < 1.29 is 14.7 Å². The van der Waals surface area contributed by atoms with Crippen LogP contribution in [0.5, 0.6) is 0 Å². The maximum Gasteiger partial charge on any atom is 0.307 e. The average Bonchev–Trinajstić information content (AvgIpc) is 2.42. The molecule has 2 aromatic carbocycles. The van der Waals surface area contributed by atoms with Crippen LogP contribution in [0.1, 0.15) is 22.6 Å². The largest absolute Gasteiger partial charge is 0.481 e. The zero-order chi connectivity index (χ0) is 14.8. The van der Waals surface area contributed by atoms with Crippen LogP contribution in [0.3, 0.4) is 0 Å². The van der Waals surface area contributed by atoms with Crippen molar-refractivity contribution in [3.8, 4) is 0 Å². The smallest absolute Gasteiger partial charge is 0.307 e. The summed E-state index contributed by atoms with van der Waals surface area (Å²) in [4.78, 5) is 23.2. The SMILES string of the molecule is O=C(O)Cc1ccccc1NC(=O)C1Cc2ccccc21. The summed E-state index contributed by atoms with van der Waals surface area (Å²) in [5.74, 6) is -1.13. The van der Waals surface area contributed by atoms with Gasteiger partial charge in [-0.3, -0.25) is 9.59 Å². The standard InChI is InChI=1S/C17H15NO3/c19-16(20)10-12-6-2-4-8-15(12)18-17(21)14-9-11-5-1-3-7-13(11)14/h1-8,14H,9-10H2,(H,18,21)(H,19,20). The van der Waals surface area contributed by atoms with Crippen LogP contribution in [0.15, 0.2) is 48.5 Å². The zero-order valence-electron chi connectivity index (χ0n) is 11.4. The summed E-state index contributed by atoms with van der Waals surface area (Å²) < 4.78 is 0. The molecule has 0 radical (unpaired) electrons. The molecule has 4 nitrogen and oxygen atoms in total. The molecule has 0 saturated heterocycles. The van der Waals surface area contributed by atoms with Gasteiger partial charge in [0.1, 0.15) is 0 Å². The molecule has 3 rings (SSSR count). The van der Waals surface area contributed by atoms with Gasteiger partial charge in [-0.05, 0) is 29.2 Å². The number of anilines is 1. The third-order valence-corrected chi connectivity index (χ3v) is 3.79. The molecular formula is C17H15NO3. The van der Waals surface area contributed by atoms with Crippen molar-refractivity contribution in [2.24, 2.45) is 0 Å². The number of carbonyl (C=O) groups is 2. The van der Waals surface area contributed by atoms with Crippen LogP contribution in [0.25, 0.3) is 0 Å². The quantitative estimate of drug-likeness (QED) is 0.905. The highest BCUT2D eigenvalue weighted by Gasteiger charge is 2.31. The highest BCUT2D eigenvalue weighted by atomic mass is 16.4. The predicted octanol–water partition coefficient (Wildman–Crippen LogP) is 2.59. The van der Waals surface area contributed by atoms with Gasteiger partial charge in [-0.25, -0.2) is 0 Å². The Morgan fingerprint density at radius 3 is 2.57 bits per heavy atom. The third kappa shape index (κ3) is 2.65. The molecule has 0 aromatic heterocycles. The van der Waals surface area contributed by atoms with Gasteiger partial charge >= 0.3 is 5.97 Å². The molecule has 0 heterocycles. The van der Waals surface area contributed by atoms with Crippen molar-refractivity contribution in [3.63, 3.8) is 0 Å². The normalized spacial score (nSPS) is 15.7. The summed E-state index contributed by atoms with van der Waals surface area (Å²) in [6, 6.07) is 14.9. The Hall–Kier alpha value is -2.62. The molecule has 0 saturated carbocycles. The van der Waals surface area contributed by atoms with Gasteiger partial charge in [0.25, 0.3) is 0 Å². The number of aliphatic carboxylic acids is 1. The van der Waals surface area contributed by atoms with E-state index in [0.29, 0.717) is 11.3 Å². The molecule has 1 atom stereocenters. The Labute approximate surface area is 122 Å². The number of carboxylic acids is 1. The predicted molar refractivity (Wildman–Crippen MR) is 79.3 cm³/mol. The average molecular weight is 281 g/mol. The molecule has 0 aliphatic heterocycles. The number of rotatable bonds is 4. The molecule has 2 aromatic rings. The second-order valence-electron chi connectivity index (χ2n) is 5.17. The third-order valence-electron chi connectivity index (χ3n) is 3.79. The summed E-state index contributed by atoms with van der Waals surface area (Å²) >= 11 is 0. The molecule has 0 fully saturated rings. The minimum absolute atomic E-state index is 0.0773. The summed E-state index contributed by atoms with van der Waals surface area (Å²) in [6.07, 6.45) is 0.640. The molecule has 106 valence electrons. The maximum atomic E-state index is 12.3. The van der Waals surface area contributed by atoms with Crippen LogP contribution in [0.2, 0.25) is 0 Å². The molecule has 4 heteroatoms. The van der Waals surface area contributed by atoms with Crippen molar-refractivity contribution in [3.05, 3.63) is 65.2 Å². The zero-order valence-corrected chi connectivity index (χ0v) is 11.4. The number of carboxylic acid groups (broad SMARTS) is 1. The van der Waals surface area contributed by atoms with Gasteiger partial charge in [-0.1, -0.05) is 42.5 Å². The highest BCUT2D eigenvalue weighted by molar-refractivity contribution is 5.98. The lowest BCUT2D eigenvalue weighted by atomic mass is 9.77. The molecule has 0 spiro atoms. The second-order valence-corrected chi connectivity index (χ2v) is 5.17. The number of hydrogen-bond acceptors (Lipinski definition) is 2. The Balaban J connectivity index is 1.76. The summed E-state index contributed by atoms with van der Waals surface area (Å²) in [5, 5.41) is 11.8. The lowest BCUT2D eigenvalue weighted by molar-refractivity contribution is -0.136. The lowest BCUT2D eigenvalue weighted by Gasteiger charge is -2.29. The van der Waals surface area contributed by atoms with E-state index < -0.39 is 5.97 Å². The first kappa shape index (κ1) is 13.4. The van der Waals surface area contributed by atoms with Gasteiger partial charge in [0.15, 0.2) is 0 Å². The van der Waals surface area contributed by atoms with Gasteiger partial charge in [-0.15, -0.1) is 0 Å². The summed E-state index contributed by atoms with van der Waals surface area (Å²) in [5.41, 5.74) is 3.46. The van der Waals surface area contributed by atoms with Crippen molar-refractivity contribution in [1.29, 1.82) is 0 Å². The first-order valence-corrected chi connectivity index (χ1v) is 6.83. The molecule has 1 aliphatic carbocycles. The number of carbonyl (C=O) groups excluding carboxylic acids is 1. The number of nitrogens with one attached hydrogen (secondary N) is 1. The van der Waals surface area contributed by atoms with Crippen LogP contribution in [0.4, 0.5) is 5.69 Å². The molecular weight excluding hydrogens is 266 g/mol. The Morgan fingerprint density at radius 2 is 1.81 bits per heavy atom. The molecule has 0 bridgehead atoms. The first-order valence-electron chi connectivity index (χ1n) is 6.83. The first-order chi connectivity index (χ1) is 10.1. The van der Waals surface area contributed by atoms with E-state index in [2.05, 4.69) is 5.32 Å². The van der Waals surface area contributed by atoms with E-state index in [9.17, 15) is 9.59 Å². The molecule has 1 aliphatic rings. The minimum Gasteiger partial charge on any atom is -0.481 e. The highest BCUT2D eigenvalue weighted by Crippen LogP contribution is 2.35. The van der Waals surface area contributed by atoms with E-state index in [0.717, 1.165) is 12.0 Å². The fourth-order valence-corrected chi connectivity index (χ4v) is 2.67. The van der Waals surface area contributed by atoms with Crippen molar-refractivity contribution in [2.45, 2.75) is 18.8 Å². The minimum atomic E-state index is -0.911. The topological polar surface area (TPSA) is 66.4 Å². The summed E-state index contributed by atoms with van der Waals surface area (Å²) in [6.45, 7) is 0. The van der Waals surface area contributed by atoms with Gasteiger partial charge in [0.05, 0.1) is 12.3 Å². The van der Waals surface area contributed by atoms with E-state index in [4.69, 9.17) is 5.11 Å². The van der Waals surface area contributed by atoms with Crippen molar-refractivity contribution in [2.75, 3.05) is 5.32 Å². The Kier molecular flexibility index (Phi) is 3.44. The fraction of sp³-hybridized carbons (Fsp3) is 0.176. The van der Waals surface area contributed by atoms with E-state index >= 15 is 0 Å². The van der Waals surface area contributed by atoms with Gasteiger partial charge < -0.3 is 10.4 Å². The van der Waals surface area contributed by atoms with Crippen LogP contribution in [-0.2, 0) is 22.4 Å². The van der Waals surface area contributed by atoms with E-state index in [1.807, 2.05) is 24.3 Å². The number of benzene rings is 2. The van der Waals surface area contributed by atoms with Crippen LogP contribution in [-0.4, -0.2) is 17.0 Å². The Morgan fingerprint density at radius 1 is 1.10 bits per heavy atom. The van der Waals surface area contributed by atoms with Crippen LogP contribution < -0.4 is 5.32 Å². The number of para-hydroxylation sites is 1. The summed E-state index contributed by atoms with van der Waals surface area (Å²) in [7, 11) is 0. The molecule has 1 unspecified atom stereocenters. The lowest BCUT2D eigenvalue weighted by Crippen LogP contribution is -2.30. The van der Waals surface area contributed by atoms with Crippen LogP contribution >= 0.6 is 0 Å². The number of fused-ring (bicyclic) bond motifs is 1. The van der Waals surface area contributed by atoms with Crippen molar-refractivity contribution in [1.82, 2.24) is 0 Å². The van der Waals surface area contributed by atoms with Gasteiger partial charge in [-0.2, -0.15) is 0 Å². The van der Waals surface area contributed by atoms with E-state index in [-0.39, 0.29) is 18.2 Å². The molecule has 2 N–H and O–H groups in total. The van der Waals surface area contributed by atoms with Gasteiger partial charge in [0, 0.05) is 5.69 Å². The van der Waals surface area contributed by atoms with Gasteiger partial charge in [0.2, 0.25) is 5.91 Å².